The molecule has 1 aliphatic heterocycles. The number of piperidine rings is 1. The molecule has 0 bridgehead atoms. The molecule has 1 fully saturated rings. The molecule has 3 heterocycles. The van der Waals surface area contributed by atoms with E-state index in [2.05, 4.69) is 25.3 Å². The summed E-state index contributed by atoms with van der Waals surface area (Å²) in [5.74, 6) is 1.85. The Balaban J connectivity index is 1.53. The number of nitrogens with zero attached hydrogens (tertiary/aromatic N) is 3. The zero-order valence-corrected chi connectivity index (χ0v) is 12.9. The quantitative estimate of drug-likeness (QED) is 0.901. The van der Waals surface area contributed by atoms with Gasteiger partial charge in [-0.2, -0.15) is 0 Å². The third-order valence-corrected chi connectivity index (χ3v) is 4.24. The summed E-state index contributed by atoms with van der Waals surface area (Å²) in [5, 5.41) is 6.54. The van der Waals surface area contributed by atoms with Gasteiger partial charge in [0.1, 0.15) is 5.82 Å². The molecule has 22 heavy (non-hydrogen) atoms. The number of carbonyl (C=O) groups is 1. The lowest BCUT2D eigenvalue weighted by Crippen LogP contribution is -2.45. The van der Waals surface area contributed by atoms with Crippen molar-refractivity contribution in [3.05, 3.63) is 30.0 Å². The second-order valence-corrected chi connectivity index (χ2v) is 5.78. The second kappa shape index (κ2) is 6.31. The minimum absolute atomic E-state index is 0.0624. The number of H-pyrrole nitrogens is 1. The topological polar surface area (TPSA) is 87.0 Å². The first-order chi connectivity index (χ1) is 10.6. The number of amides is 1. The van der Waals surface area contributed by atoms with Crippen molar-refractivity contribution in [1.82, 2.24) is 20.0 Å². The monoisotopic (exact) mass is 303 g/mol. The Morgan fingerprint density at radius 2 is 2.27 bits per heavy atom. The van der Waals surface area contributed by atoms with Crippen molar-refractivity contribution in [2.45, 2.75) is 38.6 Å². The Bertz CT molecular complexity index is 614. The van der Waals surface area contributed by atoms with Gasteiger partial charge in [0.2, 0.25) is 11.8 Å². The molecule has 7 nitrogen and oxygen atoms in total. The molecular formula is C15H21N5O2. The van der Waals surface area contributed by atoms with Crippen molar-refractivity contribution in [2.75, 3.05) is 18.4 Å². The highest BCUT2D eigenvalue weighted by Crippen LogP contribution is 2.26. The minimum Gasteiger partial charge on any atom is -0.348 e. The third kappa shape index (κ3) is 3.19. The Morgan fingerprint density at radius 1 is 1.50 bits per heavy atom. The average Bonchev–Trinajstić information content (AvgIpc) is 3.18. The summed E-state index contributed by atoms with van der Waals surface area (Å²) in [7, 11) is 0. The number of anilines is 1. The molecule has 2 aromatic rings. The molecule has 0 saturated carbocycles. The van der Waals surface area contributed by atoms with E-state index in [0.29, 0.717) is 11.8 Å². The maximum absolute atomic E-state index is 12.3. The molecule has 2 aromatic heterocycles. The molecule has 1 aliphatic rings. The van der Waals surface area contributed by atoms with Crippen LogP contribution in [0.2, 0.25) is 0 Å². The van der Waals surface area contributed by atoms with Gasteiger partial charge in [0.25, 0.3) is 0 Å². The number of aromatic amines is 1. The van der Waals surface area contributed by atoms with Crippen LogP contribution >= 0.6 is 0 Å². The number of rotatable bonds is 4. The van der Waals surface area contributed by atoms with Crippen LogP contribution in [0, 0.1) is 6.92 Å². The first-order valence-corrected chi connectivity index (χ1v) is 7.61. The molecule has 0 spiro atoms. The van der Waals surface area contributed by atoms with E-state index < -0.39 is 0 Å². The van der Waals surface area contributed by atoms with Crippen molar-refractivity contribution in [1.29, 1.82) is 0 Å². The zero-order valence-electron chi connectivity index (χ0n) is 12.9. The maximum Gasteiger partial charge on any atom is 0.243 e. The number of nitrogens with one attached hydrogen (secondary N) is 2. The second-order valence-electron chi connectivity index (χ2n) is 5.78. The molecule has 0 aliphatic carbocycles. The molecule has 1 amide bonds. The molecule has 118 valence electrons. The van der Waals surface area contributed by atoms with Crippen LogP contribution in [0.25, 0.3) is 0 Å². The van der Waals surface area contributed by atoms with E-state index in [1.807, 2.05) is 20.0 Å². The SMILES string of the molecule is Cc1cc(NC(=O)[C@@H](C)N2CCC(c3ncc[nH]3)CC2)on1. The summed E-state index contributed by atoms with van der Waals surface area (Å²) < 4.78 is 5.03. The van der Waals surface area contributed by atoms with Gasteiger partial charge in [0.15, 0.2) is 0 Å². The molecule has 3 rings (SSSR count). The number of aromatic nitrogens is 3. The Kier molecular flexibility index (Phi) is 4.24. The van der Waals surface area contributed by atoms with Crippen LogP contribution in [0.1, 0.15) is 37.2 Å². The van der Waals surface area contributed by atoms with Gasteiger partial charge in [-0.05, 0) is 39.8 Å². The summed E-state index contributed by atoms with van der Waals surface area (Å²) in [4.78, 5) is 22.0. The summed E-state index contributed by atoms with van der Waals surface area (Å²) >= 11 is 0. The van der Waals surface area contributed by atoms with Crippen molar-refractivity contribution >= 4 is 11.8 Å². The number of imidazole rings is 1. The standard InChI is InChI=1S/C15H21N5O2/c1-10-9-13(22-19-10)18-15(21)11(2)20-7-3-12(4-8-20)14-16-5-6-17-14/h5-6,9,11-12H,3-4,7-8H2,1-2H3,(H,16,17)(H,18,21)/t11-/m1/s1. The van der Waals surface area contributed by atoms with Gasteiger partial charge in [-0.25, -0.2) is 4.98 Å². The molecule has 1 saturated heterocycles. The van der Waals surface area contributed by atoms with Crippen molar-refractivity contribution in [3.8, 4) is 0 Å². The summed E-state index contributed by atoms with van der Waals surface area (Å²) in [6.07, 6.45) is 5.66. The van der Waals surface area contributed by atoms with Crippen LogP contribution in [0.4, 0.5) is 5.88 Å². The van der Waals surface area contributed by atoms with Crippen molar-refractivity contribution in [2.24, 2.45) is 0 Å². The molecule has 7 heteroatoms. The smallest absolute Gasteiger partial charge is 0.243 e. The van der Waals surface area contributed by atoms with Gasteiger partial charge >= 0.3 is 0 Å². The number of likely N-dealkylation sites (tertiary alicyclic amines) is 1. The lowest BCUT2D eigenvalue weighted by molar-refractivity contribution is -0.121. The van der Waals surface area contributed by atoms with E-state index >= 15 is 0 Å². The fourth-order valence-corrected chi connectivity index (χ4v) is 2.88. The van der Waals surface area contributed by atoms with Crippen molar-refractivity contribution < 1.29 is 9.32 Å². The largest absolute Gasteiger partial charge is 0.348 e. The van der Waals surface area contributed by atoms with Gasteiger partial charge in [0, 0.05) is 24.4 Å². The Labute approximate surface area is 129 Å². The van der Waals surface area contributed by atoms with Crippen LogP contribution in [-0.4, -0.2) is 45.1 Å². The first kappa shape index (κ1) is 14.8. The lowest BCUT2D eigenvalue weighted by Gasteiger charge is -2.34. The predicted molar refractivity (Wildman–Crippen MR) is 81.5 cm³/mol. The molecule has 1 atom stereocenters. The van der Waals surface area contributed by atoms with E-state index in [9.17, 15) is 4.79 Å². The summed E-state index contributed by atoms with van der Waals surface area (Å²) in [6, 6.07) is 1.52. The fourth-order valence-electron chi connectivity index (χ4n) is 2.88. The van der Waals surface area contributed by atoms with Gasteiger partial charge in [0.05, 0.1) is 11.7 Å². The van der Waals surface area contributed by atoms with E-state index in [0.717, 1.165) is 37.4 Å². The van der Waals surface area contributed by atoms with Crippen LogP contribution in [0.5, 0.6) is 0 Å². The number of hydrogen-bond acceptors (Lipinski definition) is 5. The molecule has 2 N–H and O–H groups in total. The minimum atomic E-state index is -0.192. The van der Waals surface area contributed by atoms with E-state index in [-0.39, 0.29) is 11.9 Å². The molecule has 0 radical (unpaired) electrons. The first-order valence-electron chi connectivity index (χ1n) is 7.61. The predicted octanol–water partition coefficient (Wildman–Crippen LogP) is 1.91. The number of carbonyl (C=O) groups excluding carboxylic acids is 1. The fraction of sp³-hybridized carbons (Fsp3) is 0.533. The highest BCUT2D eigenvalue weighted by Gasteiger charge is 2.28. The molecule has 0 aromatic carbocycles. The average molecular weight is 303 g/mol. The van der Waals surface area contributed by atoms with Gasteiger partial charge in [-0.3, -0.25) is 15.0 Å². The molecule has 0 unspecified atom stereocenters. The van der Waals surface area contributed by atoms with Crippen LogP contribution in [0.3, 0.4) is 0 Å². The van der Waals surface area contributed by atoms with Crippen molar-refractivity contribution in [3.63, 3.8) is 0 Å². The summed E-state index contributed by atoms with van der Waals surface area (Å²) in [5.41, 5.74) is 0.752. The Hall–Kier alpha value is -2.15. The lowest BCUT2D eigenvalue weighted by atomic mass is 9.95. The highest BCUT2D eigenvalue weighted by molar-refractivity contribution is 5.93. The third-order valence-electron chi connectivity index (χ3n) is 4.24. The Morgan fingerprint density at radius 3 is 2.86 bits per heavy atom. The normalized spacial score (nSPS) is 18.3. The van der Waals surface area contributed by atoms with E-state index in [1.165, 1.54) is 0 Å². The van der Waals surface area contributed by atoms with Crippen LogP contribution < -0.4 is 5.32 Å². The van der Waals surface area contributed by atoms with Gasteiger partial charge in [-0.15, -0.1) is 0 Å². The molecular weight excluding hydrogens is 282 g/mol. The van der Waals surface area contributed by atoms with E-state index in [4.69, 9.17) is 4.52 Å². The zero-order chi connectivity index (χ0) is 15.5. The van der Waals surface area contributed by atoms with E-state index in [1.54, 1.807) is 12.3 Å². The number of hydrogen-bond donors (Lipinski definition) is 2. The van der Waals surface area contributed by atoms with Gasteiger partial charge < -0.3 is 9.51 Å². The van der Waals surface area contributed by atoms with Crippen LogP contribution in [0.15, 0.2) is 23.0 Å². The summed E-state index contributed by atoms with van der Waals surface area (Å²) in [6.45, 7) is 5.51. The highest BCUT2D eigenvalue weighted by atomic mass is 16.5. The number of aryl methyl sites for hydroxylation is 1. The maximum atomic E-state index is 12.3. The van der Waals surface area contributed by atoms with Gasteiger partial charge in [-0.1, -0.05) is 5.16 Å². The van der Waals surface area contributed by atoms with Crippen LogP contribution in [-0.2, 0) is 4.79 Å².